The molecule has 34 heavy (non-hydrogen) atoms. The molecular weight excluding hydrogens is 509 g/mol. The van der Waals surface area contributed by atoms with Gasteiger partial charge in [-0.25, -0.2) is 9.97 Å². The summed E-state index contributed by atoms with van der Waals surface area (Å²) in [4.78, 5) is 16.4. The van der Waals surface area contributed by atoms with E-state index in [1.54, 1.807) is 41.8 Å². The number of thiophene rings is 1. The molecule has 1 unspecified atom stereocenters. The largest absolute Gasteiger partial charge is 0.467 e. The molecule has 0 bridgehead atoms. The minimum absolute atomic E-state index is 0.0907. The lowest BCUT2D eigenvalue weighted by molar-refractivity contribution is -0.153. The van der Waals surface area contributed by atoms with Crippen LogP contribution in [0.3, 0.4) is 0 Å². The van der Waals surface area contributed by atoms with E-state index in [1.165, 1.54) is 11.3 Å². The first-order valence-electron chi connectivity index (χ1n) is 9.83. The highest BCUT2D eigenvalue weighted by Crippen LogP contribution is 2.39. The predicted molar refractivity (Wildman–Crippen MR) is 126 cm³/mol. The van der Waals surface area contributed by atoms with Crippen molar-refractivity contribution >= 4 is 55.0 Å². The molecule has 5 aromatic rings. The number of para-hydroxylation sites is 2. The smallest absolute Gasteiger partial charge is 0.422 e. The number of hydrogen-bond donors (Lipinski definition) is 1. The quantitative estimate of drug-likeness (QED) is 0.290. The van der Waals surface area contributed by atoms with Crippen LogP contribution in [0.2, 0.25) is 5.02 Å². The van der Waals surface area contributed by atoms with Gasteiger partial charge in [0.2, 0.25) is 5.88 Å². The Morgan fingerprint density at radius 2 is 1.82 bits per heavy atom. The minimum Gasteiger partial charge on any atom is -0.467 e. The van der Waals surface area contributed by atoms with Crippen LogP contribution in [0.15, 0.2) is 59.1 Å². The summed E-state index contributed by atoms with van der Waals surface area (Å²) in [6.07, 6.45) is -4.55. The molecule has 174 valence electrons. The Balaban J connectivity index is 1.53. The van der Waals surface area contributed by atoms with Crippen LogP contribution < -0.4 is 4.74 Å². The molecule has 0 amide bonds. The van der Waals surface area contributed by atoms with Gasteiger partial charge in [0.15, 0.2) is 11.8 Å². The number of fused-ring (bicyclic) bond motifs is 2. The summed E-state index contributed by atoms with van der Waals surface area (Å²) in [6.45, 7) is -1.51. The lowest BCUT2D eigenvalue weighted by Gasteiger charge is -2.11. The highest BCUT2D eigenvalue weighted by Gasteiger charge is 2.30. The van der Waals surface area contributed by atoms with E-state index in [0.29, 0.717) is 26.3 Å². The molecule has 1 atom stereocenters. The second-order valence-electron chi connectivity index (χ2n) is 7.23. The van der Waals surface area contributed by atoms with Gasteiger partial charge >= 0.3 is 6.18 Å². The van der Waals surface area contributed by atoms with E-state index in [0.717, 1.165) is 11.1 Å². The van der Waals surface area contributed by atoms with E-state index in [-0.39, 0.29) is 22.6 Å². The summed E-state index contributed by atoms with van der Waals surface area (Å²) >= 11 is 7.19. The van der Waals surface area contributed by atoms with Crippen LogP contribution in [0.5, 0.6) is 5.88 Å². The van der Waals surface area contributed by atoms with E-state index in [4.69, 9.17) is 16.3 Å². The zero-order valence-electron chi connectivity index (χ0n) is 17.1. The number of hydrogen-bond acceptors (Lipinski definition) is 6. The zero-order valence-corrected chi connectivity index (χ0v) is 19.5. The normalized spacial score (nSPS) is 12.9. The Hall–Kier alpha value is -3.02. The van der Waals surface area contributed by atoms with Gasteiger partial charge in [0.1, 0.15) is 10.7 Å². The van der Waals surface area contributed by atoms with Gasteiger partial charge in [-0.05, 0) is 29.8 Å². The summed E-state index contributed by atoms with van der Waals surface area (Å²) in [5.41, 5.74) is 2.73. The third-order valence-electron chi connectivity index (χ3n) is 4.82. The fourth-order valence-electron chi connectivity index (χ4n) is 3.34. The molecule has 0 saturated carbocycles. The first-order chi connectivity index (χ1) is 16.3. The number of benzene rings is 2. The number of ether oxygens (including phenoxy) is 1. The van der Waals surface area contributed by atoms with E-state index >= 15 is 0 Å². The van der Waals surface area contributed by atoms with Crippen LogP contribution in [0.25, 0.3) is 32.4 Å². The fourth-order valence-corrected chi connectivity index (χ4v) is 5.34. The maximum atomic E-state index is 12.9. The summed E-state index contributed by atoms with van der Waals surface area (Å²) in [7, 11) is -1.65. The second kappa shape index (κ2) is 8.97. The van der Waals surface area contributed by atoms with Crippen molar-refractivity contribution in [3.05, 3.63) is 64.8 Å². The van der Waals surface area contributed by atoms with Gasteiger partial charge in [-0.1, -0.05) is 35.9 Å². The Morgan fingerprint density at radius 3 is 2.56 bits per heavy atom. The molecule has 0 aliphatic carbocycles. The van der Waals surface area contributed by atoms with Crippen LogP contribution >= 0.6 is 22.9 Å². The van der Waals surface area contributed by atoms with Crippen molar-refractivity contribution in [2.75, 3.05) is 6.61 Å². The first-order valence-corrected chi connectivity index (χ1v) is 12.4. The van der Waals surface area contributed by atoms with Crippen molar-refractivity contribution in [2.45, 2.75) is 17.1 Å². The molecule has 3 heterocycles. The molecule has 0 aliphatic heterocycles. The summed E-state index contributed by atoms with van der Waals surface area (Å²) in [6, 6.07) is 14.1. The number of alkyl halides is 3. The van der Waals surface area contributed by atoms with Gasteiger partial charge in [0.25, 0.3) is 0 Å². The van der Waals surface area contributed by atoms with Crippen LogP contribution in [0.4, 0.5) is 13.2 Å². The zero-order chi connectivity index (χ0) is 23.9. The van der Waals surface area contributed by atoms with Crippen molar-refractivity contribution < 1.29 is 22.1 Å². The number of rotatable bonds is 6. The number of H-pyrrole nitrogens is 1. The molecule has 0 aliphatic rings. The van der Waals surface area contributed by atoms with E-state index in [9.17, 15) is 17.4 Å². The first kappa shape index (κ1) is 22.8. The molecule has 0 saturated heterocycles. The van der Waals surface area contributed by atoms with Gasteiger partial charge in [-0.15, -0.1) is 11.3 Å². The minimum atomic E-state index is -4.55. The maximum absolute atomic E-state index is 12.9. The third-order valence-corrected chi connectivity index (χ3v) is 7.09. The standard InChI is InChI=1S/C22H14ClF3N4O2S2/c23-13-7-5-12(6-8-13)14-9-33-20-18(14)19(32-11-22(24,25)26)29-17(30-20)10-34(31)21-27-15-3-1-2-4-16(15)28-21/h1-9H,10-11H2,(H,27,28). The molecule has 1 N–H and O–H groups in total. The third kappa shape index (κ3) is 4.77. The van der Waals surface area contributed by atoms with E-state index in [1.807, 2.05) is 12.1 Å². The number of nitrogens with one attached hydrogen (secondary N) is 1. The van der Waals surface area contributed by atoms with Crippen molar-refractivity contribution in [3.63, 3.8) is 0 Å². The maximum Gasteiger partial charge on any atom is 0.422 e. The number of aromatic nitrogens is 4. The number of imidazole rings is 1. The van der Waals surface area contributed by atoms with Crippen molar-refractivity contribution in [1.29, 1.82) is 0 Å². The Labute approximate surface area is 202 Å². The van der Waals surface area contributed by atoms with Crippen LogP contribution in [-0.4, -0.2) is 36.9 Å². The molecule has 6 nitrogen and oxygen atoms in total. The van der Waals surface area contributed by atoms with Crippen LogP contribution in [-0.2, 0) is 16.6 Å². The molecule has 2 aromatic carbocycles. The highest BCUT2D eigenvalue weighted by molar-refractivity contribution is 7.84. The Kier molecular flexibility index (Phi) is 6.00. The lowest BCUT2D eigenvalue weighted by Crippen LogP contribution is -2.20. The van der Waals surface area contributed by atoms with Crippen molar-refractivity contribution in [3.8, 4) is 17.0 Å². The summed E-state index contributed by atoms with van der Waals surface area (Å²) < 4.78 is 56.8. The lowest BCUT2D eigenvalue weighted by atomic mass is 10.1. The molecule has 5 rings (SSSR count). The molecule has 3 aromatic heterocycles. The molecular formula is C22H14ClF3N4O2S2. The second-order valence-corrected chi connectivity index (χ2v) is 9.90. The summed E-state index contributed by atoms with van der Waals surface area (Å²) in [5, 5.41) is 2.89. The van der Waals surface area contributed by atoms with Gasteiger partial charge in [0, 0.05) is 16.0 Å². The van der Waals surface area contributed by atoms with E-state index in [2.05, 4.69) is 19.9 Å². The van der Waals surface area contributed by atoms with E-state index < -0.39 is 23.6 Å². The SMILES string of the molecule is O=S(Cc1nc(OCC(F)(F)F)c2c(-c3ccc(Cl)cc3)csc2n1)c1nc2ccccc2[nH]1. The van der Waals surface area contributed by atoms with Gasteiger partial charge in [0.05, 0.1) is 33.0 Å². The number of halogens is 4. The fraction of sp³-hybridized carbons (Fsp3) is 0.136. The number of aromatic amines is 1. The van der Waals surface area contributed by atoms with Gasteiger partial charge in [-0.2, -0.15) is 18.2 Å². The summed E-state index contributed by atoms with van der Waals surface area (Å²) in [5.74, 6) is -0.273. The van der Waals surface area contributed by atoms with Crippen LogP contribution in [0.1, 0.15) is 5.82 Å². The predicted octanol–water partition coefficient (Wildman–Crippen LogP) is 6.14. The Bertz CT molecular complexity index is 1480. The number of nitrogens with zero attached hydrogens (tertiary/aromatic N) is 3. The molecule has 0 radical (unpaired) electrons. The monoisotopic (exact) mass is 522 g/mol. The Morgan fingerprint density at radius 1 is 1.06 bits per heavy atom. The highest BCUT2D eigenvalue weighted by atomic mass is 35.5. The van der Waals surface area contributed by atoms with Gasteiger partial charge in [-0.3, -0.25) is 4.21 Å². The average molecular weight is 523 g/mol. The van der Waals surface area contributed by atoms with Gasteiger partial charge < -0.3 is 9.72 Å². The average Bonchev–Trinajstić information content (AvgIpc) is 3.42. The topological polar surface area (TPSA) is 80.8 Å². The molecule has 12 heteroatoms. The van der Waals surface area contributed by atoms with Crippen molar-refractivity contribution in [2.24, 2.45) is 0 Å². The van der Waals surface area contributed by atoms with Crippen molar-refractivity contribution in [1.82, 2.24) is 19.9 Å². The molecule has 0 fully saturated rings. The molecule has 0 spiro atoms. The van der Waals surface area contributed by atoms with Crippen LogP contribution in [0, 0.1) is 0 Å².